The molecule has 2 aromatic carbocycles. The molecule has 6 heteroatoms. The van der Waals surface area contributed by atoms with E-state index in [2.05, 4.69) is 17.1 Å². The summed E-state index contributed by atoms with van der Waals surface area (Å²) < 4.78 is 24.9. The number of hydrogen-bond acceptors (Lipinski definition) is 4. The molecule has 33 heavy (non-hydrogen) atoms. The summed E-state index contributed by atoms with van der Waals surface area (Å²) in [5.41, 5.74) is 0.835. The molecule has 0 radical (unpaired) electrons. The third kappa shape index (κ3) is 5.92. The first-order valence-corrected chi connectivity index (χ1v) is 12.2. The summed E-state index contributed by atoms with van der Waals surface area (Å²) in [6.07, 6.45) is 6.08. The van der Waals surface area contributed by atoms with Gasteiger partial charge in [-0.2, -0.15) is 0 Å². The van der Waals surface area contributed by atoms with E-state index in [9.17, 15) is 9.18 Å². The Morgan fingerprint density at radius 3 is 2.55 bits per heavy atom. The minimum absolute atomic E-state index is 0.0817. The molecule has 178 valence electrons. The molecule has 2 aromatic rings. The van der Waals surface area contributed by atoms with Crippen LogP contribution in [0, 0.1) is 5.82 Å². The zero-order valence-corrected chi connectivity index (χ0v) is 19.5. The number of hydrogen-bond donors (Lipinski definition) is 1. The largest absolute Gasteiger partial charge is 0.494 e. The summed E-state index contributed by atoms with van der Waals surface area (Å²) in [5.74, 6) is 0.420. The average molecular weight is 455 g/mol. The lowest BCUT2D eigenvalue weighted by atomic mass is 9.73. The van der Waals surface area contributed by atoms with Crippen molar-refractivity contribution in [2.45, 2.75) is 56.9 Å². The third-order valence-corrected chi connectivity index (χ3v) is 7.09. The number of amides is 1. The monoisotopic (exact) mass is 454 g/mol. The number of benzene rings is 2. The van der Waals surface area contributed by atoms with Gasteiger partial charge in [0.25, 0.3) is 0 Å². The summed E-state index contributed by atoms with van der Waals surface area (Å²) in [6, 6.07) is 14.5. The molecular formula is C27H35FN2O3. The maximum atomic E-state index is 13.4. The van der Waals surface area contributed by atoms with Gasteiger partial charge in [0.2, 0.25) is 5.91 Å². The highest BCUT2D eigenvalue weighted by Gasteiger charge is 2.41. The Labute approximate surface area is 196 Å². The fraction of sp³-hybridized carbons (Fsp3) is 0.519. The van der Waals surface area contributed by atoms with Crippen molar-refractivity contribution >= 4 is 11.6 Å². The van der Waals surface area contributed by atoms with Gasteiger partial charge in [0, 0.05) is 31.5 Å². The maximum absolute atomic E-state index is 13.4. The van der Waals surface area contributed by atoms with E-state index in [0.29, 0.717) is 38.7 Å². The van der Waals surface area contributed by atoms with E-state index in [-0.39, 0.29) is 11.7 Å². The van der Waals surface area contributed by atoms with Crippen LogP contribution >= 0.6 is 0 Å². The molecule has 1 amide bonds. The molecule has 4 rings (SSSR count). The number of carbonyl (C=O) groups is 1. The summed E-state index contributed by atoms with van der Waals surface area (Å²) in [4.78, 5) is 15.9. The van der Waals surface area contributed by atoms with E-state index in [0.717, 1.165) is 30.0 Å². The zero-order chi connectivity index (χ0) is 23.1. The van der Waals surface area contributed by atoms with E-state index in [1.165, 1.54) is 37.9 Å². The lowest BCUT2D eigenvalue weighted by molar-refractivity contribution is -0.125. The lowest BCUT2D eigenvalue weighted by Gasteiger charge is -2.36. The Morgan fingerprint density at radius 2 is 1.85 bits per heavy atom. The molecule has 2 fully saturated rings. The number of carbonyl (C=O) groups excluding carboxylic acids is 1. The summed E-state index contributed by atoms with van der Waals surface area (Å²) in [7, 11) is 0. The van der Waals surface area contributed by atoms with Gasteiger partial charge >= 0.3 is 0 Å². The molecular weight excluding hydrogens is 419 g/mol. The van der Waals surface area contributed by atoms with Crippen LogP contribution in [0.1, 0.15) is 51.0 Å². The van der Waals surface area contributed by atoms with E-state index >= 15 is 0 Å². The molecule has 2 aliphatic rings. The first kappa shape index (κ1) is 23.7. The van der Waals surface area contributed by atoms with Gasteiger partial charge in [-0.3, -0.25) is 4.79 Å². The van der Waals surface area contributed by atoms with Crippen LogP contribution in [0.5, 0.6) is 5.75 Å². The number of nitrogens with zero attached hydrogens (tertiary/aromatic N) is 1. The van der Waals surface area contributed by atoms with Crippen LogP contribution < -0.4 is 10.1 Å². The Kier molecular flexibility index (Phi) is 7.99. The predicted octanol–water partition coefficient (Wildman–Crippen LogP) is 5.16. The van der Waals surface area contributed by atoms with Crippen molar-refractivity contribution in [2.24, 2.45) is 0 Å². The van der Waals surface area contributed by atoms with Gasteiger partial charge in [0.15, 0.2) is 0 Å². The Balaban J connectivity index is 1.31. The van der Waals surface area contributed by atoms with Crippen molar-refractivity contribution in [3.05, 3.63) is 59.9 Å². The second-order valence-corrected chi connectivity index (χ2v) is 9.26. The van der Waals surface area contributed by atoms with Crippen LogP contribution in [-0.4, -0.2) is 49.8 Å². The van der Waals surface area contributed by atoms with Crippen molar-refractivity contribution < 1.29 is 18.7 Å². The summed E-state index contributed by atoms with van der Waals surface area (Å²) in [5, 5.41) is 3.06. The Hall–Kier alpha value is -2.44. The van der Waals surface area contributed by atoms with E-state index in [1.807, 2.05) is 24.3 Å². The summed E-state index contributed by atoms with van der Waals surface area (Å²) in [6.45, 7) is 6.28. The lowest BCUT2D eigenvalue weighted by Crippen LogP contribution is -2.44. The van der Waals surface area contributed by atoms with Crippen LogP contribution in [0.15, 0.2) is 48.5 Å². The van der Waals surface area contributed by atoms with Crippen molar-refractivity contribution in [3.63, 3.8) is 0 Å². The van der Waals surface area contributed by atoms with Crippen LogP contribution in [0.2, 0.25) is 0 Å². The number of likely N-dealkylation sites (tertiary alicyclic amines) is 1. The molecule has 2 saturated heterocycles. The Bertz CT molecular complexity index is 895. The Morgan fingerprint density at radius 1 is 1.12 bits per heavy atom. The molecule has 0 aliphatic carbocycles. The van der Waals surface area contributed by atoms with Gasteiger partial charge in [0.1, 0.15) is 11.6 Å². The third-order valence-electron chi connectivity index (χ3n) is 7.09. The standard InChI is InChI=1S/C27H35FN2O3/c1-21-5-2-3-16-30(21)17-4-18-33-25-12-10-24(11-13-25)29-26(31)27(14-19-32-20-15-27)22-6-8-23(28)9-7-22/h6-13,21H,2-5,14-20H2,1H3,(H,29,31)/t21-/m1/s1. The fourth-order valence-corrected chi connectivity index (χ4v) is 4.97. The molecule has 5 nitrogen and oxygen atoms in total. The fourth-order valence-electron chi connectivity index (χ4n) is 4.97. The van der Waals surface area contributed by atoms with Crippen molar-refractivity contribution in [3.8, 4) is 5.75 Å². The smallest absolute Gasteiger partial charge is 0.235 e. The molecule has 0 spiro atoms. The SMILES string of the molecule is C[C@@H]1CCCCN1CCCOc1ccc(NC(=O)C2(c3ccc(F)cc3)CCOCC2)cc1. The number of halogens is 1. The van der Waals surface area contributed by atoms with Gasteiger partial charge in [0.05, 0.1) is 12.0 Å². The maximum Gasteiger partial charge on any atom is 0.235 e. The highest BCUT2D eigenvalue weighted by Crippen LogP contribution is 2.36. The minimum Gasteiger partial charge on any atom is -0.494 e. The van der Waals surface area contributed by atoms with Gasteiger partial charge in [-0.1, -0.05) is 18.6 Å². The molecule has 1 atom stereocenters. The van der Waals surface area contributed by atoms with Gasteiger partial charge < -0.3 is 19.7 Å². The number of rotatable bonds is 8. The molecule has 0 aromatic heterocycles. The van der Waals surface area contributed by atoms with Crippen LogP contribution in [0.25, 0.3) is 0 Å². The molecule has 0 bridgehead atoms. The van der Waals surface area contributed by atoms with Crippen LogP contribution in [0.4, 0.5) is 10.1 Å². The van der Waals surface area contributed by atoms with Crippen LogP contribution in [-0.2, 0) is 14.9 Å². The van der Waals surface area contributed by atoms with Crippen molar-refractivity contribution in [2.75, 3.05) is 38.2 Å². The molecule has 2 heterocycles. The van der Waals surface area contributed by atoms with Gasteiger partial charge in [-0.05, 0) is 87.5 Å². The topological polar surface area (TPSA) is 50.8 Å². The molecule has 0 saturated carbocycles. The van der Waals surface area contributed by atoms with Crippen molar-refractivity contribution in [1.82, 2.24) is 4.90 Å². The first-order chi connectivity index (χ1) is 16.1. The second-order valence-electron chi connectivity index (χ2n) is 9.26. The predicted molar refractivity (Wildman–Crippen MR) is 128 cm³/mol. The minimum atomic E-state index is -0.716. The molecule has 2 aliphatic heterocycles. The highest BCUT2D eigenvalue weighted by molar-refractivity contribution is 5.99. The van der Waals surface area contributed by atoms with Gasteiger partial charge in [-0.15, -0.1) is 0 Å². The van der Waals surface area contributed by atoms with E-state index < -0.39 is 5.41 Å². The zero-order valence-electron chi connectivity index (χ0n) is 19.5. The molecule has 0 unspecified atom stereocenters. The quantitative estimate of drug-likeness (QED) is 0.560. The number of piperidine rings is 1. The summed E-state index contributed by atoms with van der Waals surface area (Å²) >= 11 is 0. The van der Waals surface area contributed by atoms with E-state index in [4.69, 9.17) is 9.47 Å². The second kappa shape index (κ2) is 11.1. The van der Waals surface area contributed by atoms with Gasteiger partial charge in [-0.25, -0.2) is 4.39 Å². The normalized spacial score (nSPS) is 20.8. The van der Waals surface area contributed by atoms with E-state index in [1.54, 1.807) is 12.1 Å². The first-order valence-electron chi connectivity index (χ1n) is 12.2. The number of anilines is 1. The van der Waals surface area contributed by atoms with Crippen LogP contribution in [0.3, 0.4) is 0 Å². The van der Waals surface area contributed by atoms with Crippen molar-refractivity contribution in [1.29, 1.82) is 0 Å². The highest BCUT2D eigenvalue weighted by atomic mass is 19.1. The molecule has 1 N–H and O–H groups in total. The number of nitrogens with one attached hydrogen (secondary N) is 1. The average Bonchev–Trinajstić information content (AvgIpc) is 2.84. The number of ether oxygens (including phenoxy) is 2.